The number of nitrogens with one attached hydrogen (secondary N) is 1. The van der Waals surface area contributed by atoms with Gasteiger partial charge >= 0.3 is 0 Å². The number of fused-ring (bicyclic) bond motifs is 1. The maximum absolute atomic E-state index is 11.6. The van der Waals surface area contributed by atoms with E-state index in [-0.39, 0.29) is 9.92 Å². The second-order valence-electron chi connectivity index (χ2n) is 5.16. The van der Waals surface area contributed by atoms with Gasteiger partial charge in [0, 0.05) is 10.9 Å². The fraction of sp³-hybridized carbons (Fsp3) is 0.429. The van der Waals surface area contributed by atoms with Gasteiger partial charge in [0.15, 0.2) is 0 Å². The van der Waals surface area contributed by atoms with E-state index in [0.29, 0.717) is 12.7 Å². The van der Waals surface area contributed by atoms with E-state index in [2.05, 4.69) is 22.6 Å². The van der Waals surface area contributed by atoms with Crippen molar-refractivity contribution < 1.29 is 8.42 Å². The number of hydrogen-bond acceptors (Lipinski definition) is 5. The highest BCUT2D eigenvalue weighted by Crippen LogP contribution is 2.40. The molecule has 122 valence electrons. The Morgan fingerprint density at radius 1 is 1.55 bits per heavy atom. The summed E-state index contributed by atoms with van der Waals surface area (Å²) in [7, 11) is -3.82. The first-order chi connectivity index (χ1) is 10.3. The van der Waals surface area contributed by atoms with Crippen molar-refractivity contribution in [1.29, 1.82) is 0 Å². The Bertz CT molecular complexity index is 677. The molecule has 1 unspecified atom stereocenters. The van der Waals surface area contributed by atoms with Gasteiger partial charge in [-0.2, -0.15) is 0 Å². The van der Waals surface area contributed by atoms with Gasteiger partial charge < -0.3 is 5.32 Å². The molecule has 0 aromatic heterocycles. The number of nitrogens with two attached hydrogens (primary N) is 1. The molecular weight excluding hydrogens is 342 g/mol. The molecule has 0 bridgehead atoms. The lowest BCUT2D eigenvalue weighted by Gasteiger charge is -2.33. The van der Waals surface area contributed by atoms with E-state index in [9.17, 15) is 8.42 Å². The zero-order valence-electron chi connectivity index (χ0n) is 12.5. The molecule has 1 aromatic rings. The van der Waals surface area contributed by atoms with Crippen LogP contribution in [0.4, 0.5) is 5.69 Å². The Morgan fingerprint density at radius 2 is 2.27 bits per heavy atom. The molecule has 22 heavy (non-hydrogen) atoms. The molecule has 1 atom stereocenters. The highest BCUT2D eigenvalue weighted by atomic mass is 35.5. The van der Waals surface area contributed by atoms with Crippen LogP contribution in [0.25, 0.3) is 0 Å². The van der Waals surface area contributed by atoms with E-state index in [1.54, 1.807) is 6.07 Å². The topological polar surface area (TPSA) is 75.4 Å². The molecule has 1 aliphatic heterocycles. The van der Waals surface area contributed by atoms with E-state index < -0.39 is 10.0 Å². The van der Waals surface area contributed by atoms with Crippen molar-refractivity contribution in [3.05, 3.63) is 29.3 Å². The normalized spacial score (nSPS) is 17.3. The number of rotatable bonds is 5. The quantitative estimate of drug-likeness (QED) is 0.620. The van der Waals surface area contributed by atoms with Crippen LogP contribution in [0, 0.1) is 0 Å². The molecule has 3 N–H and O–H groups in total. The first kappa shape index (κ1) is 17.6. The molecular formula is C14H20ClN3O2S2. The standard InChI is InChI=1S/C14H20ClN3O2S2/c1-3-4-5-6-10(2)18-9-17-12-7-11(15)14(22(16,19)20)8-13(12)21-18/h3-4,7-8,10,17H,5-6,9H2,1-2H3,(H2,16,19,20). The van der Waals surface area contributed by atoms with E-state index >= 15 is 0 Å². The summed E-state index contributed by atoms with van der Waals surface area (Å²) in [5.74, 6) is 0. The third kappa shape index (κ3) is 4.17. The summed E-state index contributed by atoms with van der Waals surface area (Å²) >= 11 is 7.53. The number of anilines is 1. The van der Waals surface area contributed by atoms with Crippen molar-refractivity contribution in [3.8, 4) is 0 Å². The Hall–Kier alpha value is -0.730. The molecule has 0 saturated heterocycles. The Labute approximate surface area is 141 Å². The average Bonchev–Trinajstić information content (AvgIpc) is 2.45. The molecule has 0 radical (unpaired) electrons. The summed E-state index contributed by atoms with van der Waals surface area (Å²) < 4.78 is 25.3. The van der Waals surface area contributed by atoms with Crippen LogP contribution in [-0.2, 0) is 10.0 Å². The van der Waals surface area contributed by atoms with E-state index in [4.69, 9.17) is 16.7 Å². The lowest BCUT2D eigenvalue weighted by atomic mass is 10.2. The summed E-state index contributed by atoms with van der Waals surface area (Å²) in [6, 6.07) is 3.51. The fourth-order valence-electron chi connectivity index (χ4n) is 2.18. The number of hydrogen-bond donors (Lipinski definition) is 2. The third-order valence-electron chi connectivity index (χ3n) is 3.46. The number of benzene rings is 1. The van der Waals surface area contributed by atoms with Gasteiger partial charge in [-0.3, -0.25) is 0 Å². The van der Waals surface area contributed by atoms with Gasteiger partial charge in [0.2, 0.25) is 10.0 Å². The van der Waals surface area contributed by atoms with Crippen molar-refractivity contribution in [1.82, 2.24) is 4.31 Å². The van der Waals surface area contributed by atoms with E-state index in [1.165, 1.54) is 18.0 Å². The van der Waals surface area contributed by atoms with Crippen LogP contribution in [0.2, 0.25) is 5.02 Å². The van der Waals surface area contributed by atoms with Crippen LogP contribution in [0.3, 0.4) is 0 Å². The maximum Gasteiger partial charge on any atom is 0.239 e. The van der Waals surface area contributed by atoms with Gasteiger partial charge in [0.05, 0.1) is 17.4 Å². The molecule has 0 saturated carbocycles. The average molecular weight is 362 g/mol. The summed E-state index contributed by atoms with van der Waals surface area (Å²) in [6.07, 6.45) is 6.24. The number of halogens is 1. The van der Waals surface area contributed by atoms with Crippen LogP contribution in [-0.4, -0.2) is 25.4 Å². The van der Waals surface area contributed by atoms with Crippen LogP contribution < -0.4 is 10.5 Å². The summed E-state index contributed by atoms with van der Waals surface area (Å²) in [5, 5.41) is 8.62. The zero-order valence-corrected chi connectivity index (χ0v) is 14.9. The third-order valence-corrected chi connectivity index (χ3v) is 6.09. The van der Waals surface area contributed by atoms with Crippen LogP contribution >= 0.6 is 23.5 Å². The van der Waals surface area contributed by atoms with Gasteiger partial charge in [0.25, 0.3) is 0 Å². The monoisotopic (exact) mass is 361 g/mol. The lowest BCUT2D eigenvalue weighted by Crippen LogP contribution is -2.34. The number of sulfonamides is 1. The molecule has 1 aromatic carbocycles. The molecule has 0 fully saturated rings. The maximum atomic E-state index is 11.6. The van der Waals surface area contributed by atoms with Crippen LogP contribution in [0.5, 0.6) is 0 Å². The van der Waals surface area contributed by atoms with Crippen molar-refractivity contribution in [2.75, 3.05) is 12.0 Å². The van der Waals surface area contributed by atoms with Crippen molar-refractivity contribution >= 4 is 39.3 Å². The second kappa shape index (κ2) is 7.23. The summed E-state index contributed by atoms with van der Waals surface area (Å²) in [6.45, 7) is 4.84. The van der Waals surface area contributed by atoms with Crippen LogP contribution in [0.1, 0.15) is 26.7 Å². The largest absolute Gasteiger partial charge is 0.371 e. The van der Waals surface area contributed by atoms with E-state index in [1.807, 2.05) is 13.0 Å². The second-order valence-corrected chi connectivity index (χ2v) is 8.19. The highest BCUT2D eigenvalue weighted by Gasteiger charge is 2.24. The highest BCUT2D eigenvalue weighted by molar-refractivity contribution is 7.97. The molecule has 0 aliphatic carbocycles. The molecule has 0 spiro atoms. The Kier molecular flexibility index (Phi) is 5.79. The van der Waals surface area contributed by atoms with Gasteiger partial charge in [-0.1, -0.05) is 23.8 Å². The summed E-state index contributed by atoms with van der Waals surface area (Å²) in [4.78, 5) is 0.781. The zero-order chi connectivity index (χ0) is 16.3. The van der Waals surface area contributed by atoms with Crippen molar-refractivity contribution in [3.63, 3.8) is 0 Å². The van der Waals surface area contributed by atoms with Crippen LogP contribution in [0.15, 0.2) is 34.1 Å². The Morgan fingerprint density at radius 3 is 2.91 bits per heavy atom. The van der Waals surface area contributed by atoms with Gasteiger partial charge in [-0.05, 0) is 50.8 Å². The fourth-order valence-corrected chi connectivity index (χ4v) is 4.42. The molecule has 1 aliphatic rings. The van der Waals surface area contributed by atoms with Gasteiger partial charge in [-0.15, -0.1) is 0 Å². The number of nitrogens with zero attached hydrogens (tertiary/aromatic N) is 1. The number of primary sulfonamides is 1. The molecule has 1 heterocycles. The molecule has 5 nitrogen and oxygen atoms in total. The van der Waals surface area contributed by atoms with Gasteiger partial charge in [0.1, 0.15) is 4.90 Å². The van der Waals surface area contributed by atoms with Gasteiger partial charge in [-0.25, -0.2) is 17.9 Å². The Balaban J connectivity index is 2.19. The predicted octanol–water partition coefficient (Wildman–Crippen LogP) is 3.42. The molecule has 8 heteroatoms. The molecule has 2 rings (SSSR count). The minimum Gasteiger partial charge on any atom is -0.371 e. The predicted molar refractivity (Wildman–Crippen MR) is 92.5 cm³/mol. The van der Waals surface area contributed by atoms with E-state index in [0.717, 1.165) is 23.4 Å². The van der Waals surface area contributed by atoms with Crippen molar-refractivity contribution in [2.24, 2.45) is 5.14 Å². The SMILES string of the molecule is CC=CCCC(C)N1CNc2cc(Cl)c(S(N)(=O)=O)cc2S1. The number of allylic oxidation sites excluding steroid dienone is 2. The first-order valence-electron chi connectivity index (χ1n) is 6.99. The molecule has 0 amide bonds. The minimum atomic E-state index is -3.82. The van der Waals surface area contributed by atoms with Crippen molar-refractivity contribution in [2.45, 2.75) is 42.5 Å². The first-order valence-corrected chi connectivity index (χ1v) is 9.68. The summed E-state index contributed by atoms with van der Waals surface area (Å²) in [5.41, 5.74) is 0.833. The minimum absolute atomic E-state index is 0.0364. The smallest absolute Gasteiger partial charge is 0.239 e. The lowest BCUT2D eigenvalue weighted by molar-refractivity contribution is 0.372.